The third-order valence-electron chi connectivity index (χ3n) is 2.31. The third-order valence-corrected chi connectivity index (χ3v) is 2.31. The van der Waals surface area contributed by atoms with Crippen LogP contribution >= 0.6 is 0 Å². The van der Waals surface area contributed by atoms with Gasteiger partial charge in [-0.25, -0.2) is 0 Å². The van der Waals surface area contributed by atoms with Gasteiger partial charge in [-0.2, -0.15) is 0 Å². The molecule has 2 heteroatoms. The van der Waals surface area contributed by atoms with Gasteiger partial charge in [-0.1, -0.05) is 32.1 Å². The van der Waals surface area contributed by atoms with Gasteiger partial charge >= 0.3 is 0 Å². The number of hydrogen-bond acceptors (Lipinski definition) is 2. The van der Waals surface area contributed by atoms with Gasteiger partial charge in [0.2, 0.25) is 0 Å². The molecule has 2 nitrogen and oxygen atoms in total. The summed E-state index contributed by atoms with van der Waals surface area (Å²) >= 11 is 0. The molecule has 0 aliphatic rings. The zero-order valence-corrected chi connectivity index (χ0v) is 9.39. The topological polar surface area (TPSA) is 29.3 Å². The van der Waals surface area contributed by atoms with Crippen molar-refractivity contribution in [3.8, 4) is 0 Å². The molecule has 0 aromatic carbocycles. The molecule has 0 atom stereocenters. The van der Waals surface area contributed by atoms with E-state index in [2.05, 4.69) is 19.0 Å². The minimum absolute atomic E-state index is 0.862. The van der Waals surface area contributed by atoms with Gasteiger partial charge in [0.1, 0.15) is 0 Å². The van der Waals surface area contributed by atoms with E-state index in [0.29, 0.717) is 0 Å². The standard InChI is InChI=1S/C11H26N2/c1-13(2)11-9-7-5-3-4-6-8-10-12/h3-12H2,1-2H3. The van der Waals surface area contributed by atoms with Crippen molar-refractivity contribution in [3.05, 3.63) is 0 Å². The fourth-order valence-electron chi connectivity index (χ4n) is 1.46. The van der Waals surface area contributed by atoms with Crippen LogP contribution in [0.15, 0.2) is 0 Å². The van der Waals surface area contributed by atoms with Gasteiger partial charge in [-0.15, -0.1) is 0 Å². The Morgan fingerprint density at radius 3 is 1.69 bits per heavy atom. The summed E-state index contributed by atoms with van der Waals surface area (Å²) in [5.41, 5.74) is 5.42. The summed E-state index contributed by atoms with van der Waals surface area (Å²) in [6, 6.07) is 0. The van der Waals surface area contributed by atoms with Crippen LogP contribution in [0.1, 0.15) is 44.9 Å². The molecule has 0 bridgehead atoms. The summed E-state index contributed by atoms with van der Waals surface area (Å²) in [6.07, 6.45) is 9.44. The van der Waals surface area contributed by atoms with Crippen LogP contribution in [0.3, 0.4) is 0 Å². The lowest BCUT2D eigenvalue weighted by Crippen LogP contribution is -2.12. The maximum atomic E-state index is 5.42. The lowest BCUT2D eigenvalue weighted by atomic mass is 10.1. The summed E-state index contributed by atoms with van der Waals surface area (Å²) in [5.74, 6) is 0. The van der Waals surface area contributed by atoms with Crippen LogP contribution in [-0.2, 0) is 0 Å². The number of nitrogens with zero attached hydrogens (tertiary/aromatic N) is 1. The highest BCUT2D eigenvalue weighted by molar-refractivity contribution is 4.48. The highest BCUT2D eigenvalue weighted by Gasteiger charge is 1.92. The lowest BCUT2D eigenvalue weighted by molar-refractivity contribution is 0.389. The monoisotopic (exact) mass is 186 g/mol. The van der Waals surface area contributed by atoms with Crippen LogP contribution in [0.2, 0.25) is 0 Å². The minimum atomic E-state index is 0.862. The van der Waals surface area contributed by atoms with E-state index >= 15 is 0 Å². The van der Waals surface area contributed by atoms with Crippen LogP contribution in [0.4, 0.5) is 0 Å². The molecule has 13 heavy (non-hydrogen) atoms. The summed E-state index contributed by atoms with van der Waals surface area (Å²) in [5, 5.41) is 0. The van der Waals surface area contributed by atoms with Crippen LogP contribution in [0.5, 0.6) is 0 Å². The van der Waals surface area contributed by atoms with Gasteiger partial charge in [0.15, 0.2) is 0 Å². The highest BCUT2D eigenvalue weighted by atomic mass is 15.0. The molecule has 2 N–H and O–H groups in total. The van der Waals surface area contributed by atoms with E-state index in [-0.39, 0.29) is 0 Å². The SMILES string of the molecule is CN(C)CCCCCCCCCN. The van der Waals surface area contributed by atoms with Crippen molar-refractivity contribution in [2.45, 2.75) is 44.9 Å². The van der Waals surface area contributed by atoms with E-state index in [4.69, 9.17) is 5.73 Å². The second-order valence-corrected chi connectivity index (χ2v) is 4.07. The largest absolute Gasteiger partial charge is 0.330 e. The molecule has 0 aliphatic carbocycles. The third kappa shape index (κ3) is 11.9. The van der Waals surface area contributed by atoms with Gasteiger partial charge in [-0.3, -0.25) is 0 Å². The Labute approximate surface area is 83.5 Å². The average Bonchev–Trinajstić information content (AvgIpc) is 2.09. The Morgan fingerprint density at radius 2 is 1.23 bits per heavy atom. The van der Waals surface area contributed by atoms with Crippen molar-refractivity contribution in [3.63, 3.8) is 0 Å². The Kier molecular flexibility index (Phi) is 9.94. The summed E-state index contributed by atoms with van der Waals surface area (Å²) in [7, 11) is 4.28. The zero-order chi connectivity index (χ0) is 9.94. The second kappa shape index (κ2) is 10.0. The van der Waals surface area contributed by atoms with Gasteiger partial charge in [0.25, 0.3) is 0 Å². The highest BCUT2D eigenvalue weighted by Crippen LogP contribution is 2.06. The molecule has 0 spiro atoms. The molecule has 0 aromatic rings. The first-order valence-electron chi connectivity index (χ1n) is 5.62. The quantitative estimate of drug-likeness (QED) is 0.560. The molecular formula is C11H26N2. The maximum absolute atomic E-state index is 5.42. The molecule has 0 rings (SSSR count). The summed E-state index contributed by atoms with van der Waals surface area (Å²) in [4.78, 5) is 2.26. The Morgan fingerprint density at radius 1 is 0.769 bits per heavy atom. The molecular weight excluding hydrogens is 160 g/mol. The first-order chi connectivity index (χ1) is 6.27. The van der Waals surface area contributed by atoms with E-state index in [1.54, 1.807) is 0 Å². The van der Waals surface area contributed by atoms with Crippen molar-refractivity contribution in [1.82, 2.24) is 4.90 Å². The predicted molar refractivity (Wildman–Crippen MR) is 59.9 cm³/mol. The van der Waals surface area contributed by atoms with Crippen LogP contribution in [0, 0.1) is 0 Å². The van der Waals surface area contributed by atoms with Gasteiger partial charge in [-0.05, 0) is 40.0 Å². The van der Waals surface area contributed by atoms with E-state index in [1.807, 2.05) is 0 Å². The molecule has 0 aliphatic heterocycles. The molecule has 0 unspecified atom stereocenters. The summed E-state index contributed by atoms with van der Waals surface area (Å²) in [6.45, 7) is 2.10. The lowest BCUT2D eigenvalue weighted by Gasteiger charge is -2.08. The molecule has 0 aromatic heterocycles. The molecule has 0 saturated heterocycles. The van der Waals surface area contributed by atoms with Crippen molar-refractivity contribution in [2.75, 3.05) is 27.2 Å². The molecule has 0 saturated carbocycles. The fourth-order valence-corrected chi connectivity index (χ4v) is 1.46. The molecule has 0 radical (unpaired) electrons. The van der Waals surface area contributed by atoms with Crippen molar-refractivity contribution >= 4 is 0 Å². The predicted octanol–water partition coefficient (Wildman–Crippen LogP) is 2.24. The Balaban J connectivity index is 2.84. The molecule has 0 fully saturated rings. The number of rotatable bonds is 9. The van der Waals surface area contributed by atoms with Crippen molar-refractivity contribution in [2.24, 2.45) is 5.73 Å². The second-order valence-electron chi connectivity index (χ2n) is 4.07. The van der Waals surface area contributed by atoms with Crippen LogP contribution < -0.4 is 5.73 Å². The summed E-state index contributed by atoms with van der Waals surface area (Å²) < 4.78 is 0. The van der Waals surface area contributed by atoms with Gasteiger partial charge < -0.3 is 10.6 Å². The molecule has 0 heterocycles. The molecule has 0 amide bonds. The van der Waals surface area contributed by atoms with Gasteiger partial charge in [0.05, 0.1) is 0 Å². The number of unbranched alkanes of at least 4 members (excludes halogenated alkanes) is 6. The normalized spacial score (nSPS) is 11.1. The van der Waals surface area contributed by atoms with E-state index in [0.717, 1.165) is 6.54 Å². The number of nitrogens with two attached hydrogens (primary N) is 1. The Bertz CT molecular complexity index is 92.1. The molecule has 80 valence electrons. The van der Waals surface area contributed by atoms with E-state index in [1.165, 1.54) is 51.5 Å². The fraction of sp³-hybridized carbons (Fsp3) is 1.00. The average molecular weight is 186 g/mol. The smallest absolute Gasteiger partial charge is 0.00248 e. The number of hydrogen-bond donors (Lipinski definition) is 1. The van der Waals surface area contributed by atoms with Crippen LogP contribution in [-0.4, -0.2) is 32.1 Å². The maximum Gasteiger partial charge on any atom is -0.00248 e. The van der Waals surface area contributed by atoms with Crippen molar-refractivity contribution < 1.29 is 0 Å². The van der Waals surface area contributed by atoms with E-state index < -0.39 is 0 Å². The van der Waals surface area contributed by atoms with Gasteiger partial charge in [0, 0.05) is 0 Å². The minimum Gasteiger partial charge on any atom is -0.330 e. The zero-order valence-electron chi connectivity index (χ0n) is 9.39. The van der Waals surface area contributed by atoms with Crippen LogP contribution in [0.25, 0.3) is 0 Å². The first kappa shape index (κ1) is 12.9. The van der Waals surface area contributed by atoms with E-state index in [9.17, 15) is 0 Å². The Hall–Kier alpha value is -0.0800. The van der Waals surface area contributed by atoms with Crippen molar-refractivity contribution in [1.29, 1.82) is 0 Å². The first-order valence-corrected chi connectivity index (χ1v) is 5.62.